The molecule has 0 unspecified atom stereocenters. The monoisotopic (exact) mass is 481 g/mol. The Bertz CT molecular complexity index is 859. The standard InChI is InChI=1S/2C12H19.C5H5.Zr/c2*1-6-7-11-8-12(4,5)10(3)9(11)2;1-2-4-5-3-1;/h2*6-7H2,1-5H3;1-3H,4H2;. The minimum atomic E-state index is -2.30. The first-order chi connectivity index (χ1) is 14.0. The zero-order valence-corrected chi connectivity index (χ0v) is 23.7. The molecule has 3 aliphatic rings. The van der Waals surface area contributed by atoms with Gasteiger partial charge in [0.2, 0.25) is 0 Å². The fraction of sp³-hybridized carbons (Fsp3) is 0.586. The van der Waals surface area contributed by atoms with Crippen LogP contribution in [-0.4, -0.2) is 0 Å². The summed E-state index contributed by atoms with van der Waals surface area (Å²) < 4.78 is 5.60. The maximum atomic E-state index is 2.53. The van der Waals surface area contributed by atoms with E-state index in [2.05, 4.69) is 87.5 Å². The Kier molecular flexibility index (Phi) is 6.95. The molecule has 0 aliphatic heterocycles. The molecule has 0 atom stereocenters. The van der Waals surface area contributed by atoms with Gasteiger partial charge in [0.15, 0.2) is 0 Å². The molecule has 0 saturated heterocycles. The Morgan fingerprint density at radius 1 is 0.767 bits per heavy atom. The van der Waals surface area contributed by atoms with Gasteiger partial charge in [-0.3, -0.25) is 0 Å². The van der Waals surface area contributed by atoms with Crippen LogP contribution in [0.3, 0.4) is 0 Å². The summed E-state index contributed by atoms with van der Waals surface area (Å²) in [5.41, 5.74) is 10.4. The number of allylic oxidation sites excluding steroid dienone is 12. The maximum absolute atomic E-state index is 2.53. The zero-order valence-electron chi connectivity index (χ0n) is 21.3. The van der Waals surface area contributed by atoms with Crippen LogP contribution in [0.4, 0.5) is 0 Å². The van der Waals surface area contributed by atoms with Crippen molar-refractivity contribution in [2.75, 3.05) is 0 Å². The predicted molar refractivity (Wildman–Crippen MR) is 130 cm³/mol. The van der Waals surface area contributed by atoms with Gasteiger partial charge in [-0.15, -0.1) is 0 Å². The van der Waals surface area contributed by atoms with Crippen molar-refractivity contribution in [1.82, 2.24) is 0 Å². The summed E-state index contributed by atoms with van der Waals surface area (Å²) >= 11 is -2.30. The van der Waals surface area contributed by atoms with E-state index in [1.807, 2.05) is 6.56 Å². The summed E-state index contributed by atoms with van der Waals surface area (Å²) in [5, 5.41) is 0. The van der Waals surface area contributed by atoms with Crippen LogP contribution < -0.4 is 0 Å². The van der Waals surface area contributed by atoms with E-state index in [0.717, 1.165) is 0 Å². The number of hydrogen-bond acceptors (Lipinski definition) is 0. The molecule has 0 saturated carbocycles. The van der Waals surface area contributed by atoms with Crippen LogP contribution in [-0.2, 0) is 21.8 Å². The Labute approximate surface area is 194 Å². The summed E-state index contributed by atoms with van der Waals surface area (Å²) in [6, 6.07) is 0. The normalized spacial score (nSPS) is 22.8. The predicted octanol–water partition coefficient (Wildman–Crippen LogP) is 9.31. The van der Waals surface area contributed by atoms with E-state index >= 15 is 0 Å². The SMILES string of the molecule is CCCC1=[C]([Zr]([C]2=CC=CC2)[C]2=C(CCC)C(C)=C(C)C2(C)C)C(C)(C)C(C)=C1C. The molecule has 0 aromatic rings. The quantitative estimate of drug-likeness (QED) is 0.339. The second-order valence-corrected chi connectivity index (χ2v) is 16.5. The Morgan fingerprint density at radius 3 is 1.53 bits per heavy atom. The van der Waals surface area contributed by atoms with Crippen LogP contribution in [0.25, 0.3) is 0 Å². The molecule has 0 amide bonds. The summed E-state index contributed by atoms with van der Waals surface area (Å²) in [6.07, 6.45) is 13.4. The van der Waals surface area contributed by atoms with Crippen LogP contribution in [0, 0.1) is 10.8 Å². The van der Waals surface area contributed by atoms with Gasteiger partial charge in [-0.1, -0.05) is 0 Å². The van der Waals surface area contributed by atoms with Crippen LogP contribution in [0.2, 0.25) is 0 Å². The van der Waals surface area contributed by atoms with Gasteiger partial charge >= 0.3 is 195 Å². The van der Waals surface area contributed by atoms with Gasteiger partial charge in [-0.05, 0) is 0 Å². The second-order valence-electron chi connectivity index (χ2n) is 10.7. The molecule has 3 rings (SSSR count). The van der Waals surface area contributed by atoms with Crippen molar-refractivity contribution in [3.8, 4) is 0 Å². The molecule has 1 heteroatoms. The molecule has 0 aromatic heterocycles. The van der Waals surface area contributed by atoms with Crippen molar-refractivity contribution >= 4 is 0 Å². The van der Waals surface area contributed by atoms with Gasteiger partial charge in [0, 0.05) is 0 Å². The second kappa shape index (κ2) is 8.69. The third kappa shape index (κ3) is 3.62. The molecule has 30 heavy (non-hydrogen) atoms. The van der Waals surface area contributed by atoms with Crippen LogP contribution in [0.1, 0.15) is 101 Å². The molecule has 0 nitrogen and oxygen atoms in total. The Hall–Kier alpha value is -0.677. The van der Waals surface area contributed by atoms with Crippen molar-refractivity contribution in [1.29, 1.82) is 0 Å². The van der Waals surface area contributed by atoms with Gasteiger partial charge < -0.3 is 0 Å². The molecule has 0 N–H and O–H groups in total. The Balaban J connectivity index is 2.33. The first-order valence-electron chi connectivity index (χ1n) is 12.1. The van der Waals surface area contributed by atoms with Gasteiger partial charge in [-0.25, -0.2) is 0 Å². The molecule has 0 heterocycles. The summed E-state index contributed by atoms with van der Waals surface area (Å²) in [4.78, 5) is 0. The van der Waals surface area contributed by atoms with Crippen LogP contribution in [0.15, 0.2) is 61.5 Å². The first-order valence-corrected chi connectivity index (χ1v) is 15.8. The van der Waals surface area contributed by atoms with Crippen molar-refractivity contribution in [3.05, 3.63) is 61.5 Å². The van der Waals surface area contributed by atoms with Gasteiger partial charge in [0.25, 0.3) is 0 Å². The number of rotatable bonds is 7. The van der Waals surface area contributed by atoms with Crippen molar-refractivity contribution in [2.45, 2.75) is 101 Å². The van der Waals surface area contributed by atoms with E-state index in [1.165, 1.54) is 32.1 Å². The molecule has 163 valence electrons. The van der Waals surface area contributed by atoms with Gasteiger partial charge in [-0.2, -0.15) is 0 Å². The molecule has 0 spiro atoms. The molecular formula is C29H43Zr. The molecular weight excluding hydrogens is 440 g/mol. The van der Waals surface area contributed by atoms with E-state index in [1.54, 1.807) is 36.7 Å². The molecule has 0 fully saturated rings. The van der Waals surface area contributed by atoms with Gasteiger partial charge in [0.05, 0.1) is 0 Å². The average molecular weight is 483 g/mol. The third-order valence-electron chi connectivity index (χ3n) is 8.35. The van der Waals surface area contributed by atoms with E-state index in [9.17, 15) is 0 Å². The molecule has 3 aliphatic carbocycles. The van der Waals surface area contributed by atoms with Crippen molar-refractivity contribution in [3.63, 3.8) is 0 Å². The van der Waals surface area contributed by atoms with Crippen molar-refractivity contribution in [2.24, 2.45) is 10.8 Å². The minimum absolute atomic E-state index is 0.206. The zero-order chi connectivity index (χ0) is 22.4. The van der Waals surface area contributed by atoms with E-state index in [0.29, 0.717) is 0 Å². The summed E-state index contributed by atoms with van der Waals surface area (Å²) in [7, 11) is 0. The molecule has 0 aromatic carbocycles. The third-order valence-corrected chi connectivity index (χ3v) is 17.9. The van der Waals surface area contributed by atoms with Gasteiger partial charge in [0.1, 0.15) is 0 Å². The fourth-order valence-electron chi connectivity index (χ4n) is 6.03. The summed E-state index contributed by atoms with van der Waals surface area (Å²) in [6.45, 7) is 24.5. The molecule has 0 radical (unpaired) electrons. The van der Waals surface area contributed by atoms with Crippen LogP contribution in [0.5, 0.6) is 0 Å². The van der Waals surface area contributed by atoms with E-state index in [4.69, 9.17) is 0 Å². The van der Waals surface area contributed by atoms with E-state index < -0.39 is 21.8 Å². The molecule has 0 bridgehead atoms. The Morgan fingerprint density at radius 2 is 1.20 bits per heavy atom. The average Bonchev–Trinajstić information content (AvgIpc) is 3.31. The van der Waals surface area contributed by atoms with Crippen molar-refractivity contribution < 1.29 is 21.8 Å². The van der Waals surface area contributed by atoms with Crippen LogP contribution >= 0.6 is 0 Å². The topological polar surface area (TPSA) is 0 Å². The first kappa shape index (κ1) is 24.0. The fourth-order valence-corrected chi connectivity index (χ4v) is 16.7. The summed E-state index contributed by atoms with van der Waals surface area (Å²) in [5.74, 6) is 0. The number of hydrogen-bond donors (Lipinski definition) is 0. The van der Waals surface area contributed by atoms with E-state index in [-0.39, 0.29) is 10.8 Å².